The number of aryl methyl sites for hydroxylation is 1. The minimum absolute atomic E-state index is 0.130. The van der Waals surface area contributed by atoms with Gasteiger partial charge in [-0.05, 0) is 55.3 Å². The molecule has 164 valence electrons. The Hall–Kier alpha value is -3.94. The number of carbonyl (C=O) groups is 2. The molecule has 0 bridgehead atoms. The van der Waals surface area contributed by atoms with Crippen LogP contribution in [0.3, 0.4) is 0 Å². The number of hydrogen-bond acceptors (Lipinski definition) is 6. The largest absolute Gasteiger partial charge is 0.507 e. The highest BCUT2D eigenvalue weighted by molar-refractivity contribution is 6.51. The van der Waals surface area contributed by atoms with Crippen molar-refractivity contribution >= 4 is 23.3 Å². The molecule has 1 aliphatic heterocycles. The van der Waals surface area contributed by atoms with E-state index < -0.39 is 29.3 Å². The van der Waals surface area contributed by atoms with Gasteiger partial charge in [-0.1, -0.05) is 24.2 Å². The highest BCUT2D eigenvalue weighted by Gasteiger charge is 2.48. The van der Waals surface area contributed by atoms with Crippen molar-refractivity contribution in [2.24, 2.45) is 0 Å². The smallest absolute Gasteiger partial charge is 0.301 e. The zero-order chi connectivity index (χ0) is 22.8. The quantitative estimate of drug-likeness (QED) is 0.347. The SMILES string of the molecule is CCCOc1cccc([C@H]2C(=C(O)c3ccc(F)cc3)C(=O)C(=O)N2c2cc(C)on2)c1. The number of rotatable bonds is 6. The molecule has 0 unspecified atom stereocenters. The molecule has 1 saturated heterocycles. The van der Waals surface area contributed by atoms with Crippen LogP contribution in [0.4, 0.5) is 10.2 Å². The van der Waals surface area contributed by atoms with Crippen molar-refractivity contribution in [3.8, 4) is 5.75 Å². The van der Waals surface area contributed by atoms with Crippen molar-refractivity contribution in [1.82, 2.24) is 5.16 Å². The van der Waals surface area contributed by atoms with E-state index >= 15 is 0 Å². The van der Waals surface area contributed by atoms with E-state index in [2.05, 4.69) is 5.16 Å². The summed E-state index contributed by atoms with van der Waals surface area (Å²) in [5.74, 6) is -1.46. The van der Waals surface area contributed by atoms with Gasteiger partial charge >= 0.3 is 5.91 Å². The maximum atomic E-state index is 13.4. The summed E-state index contributed by atoms with van der Waals surface area (Å²) < 4.78 is 24.2. The lowest BCUT2D eigenvalue weighted by Gasteiger charge is -2.23. The lowest BCUT2D eigenvalue weighted by Crippen LogP contribution is -2.29. The lowest BCUT2D eigenvalue weighted by molar-refractivity contribution is -0.132. The number of benzene rings is 2. The zero-order valence-corrected chi connectivity index (χ0v) is 17.5. The third-order valence-corrected chi connectivity index (χ3v) is 5.07. The zero-order valence-electron chi connectivity index (χ0n) is 17.5. The third-order valence-electron chi connectivity index (χ3n) is 5.07. The number of hydrogen-bond donors (Lipinski definition) is 1. The highest BCUT2D eigenvalue weighted by Crippen LogP contribution is 2.42. The van der Waals surface area contributed by atoms with E-state index in [1.807, 2.05) is 6.92 Å². The van der Waals surface area contributed by atoms with Crippen molar-refractivity contribution in [1.29, 1.82) is 0 Å². The molecule has 8 heteroatoms. The molecule has 1 atom stereocenters. The van der Waals surface area contributed by atoms with Crippen molar-refractivity contribution in [3.63, 3.8) is 0 Å². The molecule has 1 fully saturated rings. The lowest BCUT2D eigenvalue weighted by atomic mass is 9.95. The molecule has 2 aromatic carbocycles. The van der Waals surface area contributed by atoms with Crippen LogP contribution in [0.2, 0.25) is 0 Å². The molecule has 0 spiro atoms. The number of anilines is 1. The normalized spacial score (nSPS) is 17.7. The summed E-state index contributed by atoms with van der Waals surface area (Å²) in [6.07, 6.45) is 0.811. The Morgan fingerprint density at radius 1 is 1.19 bits per heavy atom. The number of nitrogens with zero attached hydrogens (tertiary/aromatic N) is 2. The highest BCUT2D eigenvalue weighted by atomic mass is 19.1. The van der Waals surface area contributed by atoms with E-state index in [9.17, 15) is 19.1 Å². The summed E-state index contributed by atoms with van der Waals surface area (Å²) in [6, 6.07) is 12.5. The fourth-order valence-corrected chi connectivity index (χ4v) is 3.61. The molecule has 0 saturated carbocycles. The second-order valence-electron chi connectivity index (χ2n) is 7.39. The van der Waals surface area contributed by atoms with Gasteiger partial charge in [-0.2, -0.15) is 0 Å². The molecule has 1 amide bonds. The number of aliphatic hydroxyl groups is 1. The van der Waals surface area contributed by atoms with Crippen molar-refractivity contribution in [3.05, 3.63) is 82.9 Å². The first-order chi connectivity index (χ1) is 15.4. The summed E-state index contributed by atoms with van der Waals surface area (Å²) in [4.78, 5) is 27.2. The molecule has 32 heavy (non-hydrogen) atoms. The Balaban J connectivity index is 1.90. The number of Topliss-reactive ketones (excluding diaryl/α,β-unsaturated/α-hetero) is 1. The number of aliphatic hydroxyl groups excluding tert-OH is 1. The standard InChI is InChI=1S/C24H21FN2O5/c1-3-11-31-18-6-4-5-16(13-18)21-20(22(28)15-7-9-17(25)10-8-15)23(29)24(30)27(21)19-12-14(2)32-26-19/h4-10,12-13,21,28H,3,11H2,1-2H3/t21-/m0/s1. The van der Waals surface area contributed by atoms with E-state index in [1.165, 1.54) is 35.2 Å². The maximum absolute atomic E-state index is 13.4. The molecular formula is C24H21FN2O5. The Kier molecular flexibility index (Phi) is 5.77. The Morgan fingerprint density at radius 3 is 2.59 bits per heavy atom. The first kappa shape index (κ1) is 21.3. The monoisotopic (exact) mass is 436 g/mol. The summed E-state index contributed by atoms with van der Waals surface area (Å²) in [7, 11) is 0. The van der Waals surface area contributed by atoms with Crippen LogP contribution in [0.1, 0.15) is 36.3 Å². The van der Waals surface area contributed by atoms with Crippen molar-refractivity contribution < 1.29 is 28.3 Å². The average molecular weight is 436 g/mol. The number of ketones is 1. The van der Waals surface area contributed by atoms with Crippen molar-refractivity contribution in [2.75, 3.05) is 11.5 Å². The molecule has 7 nitrogen and oxygen atoms in total. The Labute approximate surface area is 183 Å². The van der Waals surface area contributed by atoms with E-state index in [0.717, 1.165) is 6.42 Å². The first-order valence-corrected chi connectivity index (χ1v) is 10.1. The number of halogens is 1. The topological polar surface area (TPSA) is 92.9 Å². The van der Waals surface area contributed by atoms with Gasteiger partial charge in [0.1, 0.15) is 23.1 Å². The number of ether oxygens (including phenoxy) is 1. The third kappa shape index (κ3) is 3.87. The van der Waals surface area contributed by atoms with Gasteiger partial charge in [-0.25, -0.2) is 4.39 Å². The summed E-state index contributed by atoms with van der Waals surface area (Å²) in [5.41, 5.74) is 0.626. The molecule has 1 N–H and O–H groups in total. The van der Waals surface area contributed by atoms with Gasteiger partial charge in [0.25, 0.3) is 5.78 Å². The van der Waals surface area contributed by atoms with Gasteiger partial charge in [0.2, 0.25) is 0 Å². The van der Waals surface area contributed by atoms with Gasteiger partial charge in [-0.15, -0.1) is 0 Å². The molecular weight excluding hydrogens is 415 g/mol. The van der Waals surface area contributed by atoms with Gasteiger partial charge in [0.15, 0.2) is 5.82 Å². The summed E-state index contributed by atoms with van der Waals surface area (Å²) in [5, 5.41) is 14.9. The summed E-state index contributed by atoms with van der Waals surface area (Å²) >= 11 is 0. The predicted octanol–water partition coefficient (Wildman–Crippen LogP) is 4.54. The van der Waals surface area contributed by atoms with Crippen LogP contribution in [0.25, 0.3) is 5.76 Å². The maximum Gasteiger partial charge on any atom is 0.301 e. The number of aromatic nitrogens is 1. The molecule has 1 aliphatic rings. The van der Waals surface area contributed by atoms with E-state index in [0.29, 0.717) is 23.7 Å². The summed E-state index contributed by atoms with van der Waals surface area (Å²) in [6.45, 7) is 4.15. The van der Waals surface area contributed by atoms with Crippen molar-refractivity contribution in [2.45, 2.75) is 26.3 Å². The number of carbonyl (C=O) groups excluding carboxylic acids is 2. The van der Waals surface area contributed by atoms with Crippen LogP contribution in [-0.2, 0) is 9.59 Å². The Morgan fingerprint density at radius 2 is 1.94 bits per heavy atom. The average Bonchev–Trinajstić information content (AvgIpc) is 3.33. The second-order valence-corrected chi connectivity index (χ2v) is 7.39. The fourth-order valence-electron chi connectivity index (χ4n) is 3.61. The van der Waals surface area contributed by atoms with E-state index in [1.54, 1.807) is 31.2 Å². The van der Waals surface area contributed by atoms with Gasteiger partial charge in [0.05, 0.1) is 18.2 Å². The first-order valence-electron chi connectivity index (χ1n) is 10.1. The Bertz CT molecular complexity index is 1200. The molecule has 0 aliphatic carbocycles. The second kappa shape index (κ2) is 8.66. The van der Waals surface area contributed by atoms with Crippen LogP contribution in [-0.4, -0.2) is 28.6 Å². The van der Waals surface area contributed by atoms with Crippen LogP contribution >= 0.6 is 0 Å². The van der Waals surface area contributed by atoms with E-state index in [-0.39, 0.29) is 17.0 Å². The van der Waals surface area contributed by atoms with Gasteiger partial charge in [0, 0.05) is 11.6 Å². The fraction of sp³-hybridized carbons (Fsp3) is 0.208. The van der Waals surface area contributed by atoms with Crippen LogP contribution in [0.15, 0.2) is 64.7 Å². The number of amides is 1. The minimum Gasteiger partial charge on any atom is -0.507 e. The van der Waals surface area contributed by atoms with Gasteiger partial charge in [-0.3, -0.25) is 14.5 Å². The molecule has 3 aromatic rings. The molecule has 0 radical (unpaired) electrons. The van der Waals surface area contributed by atoms with Crippen LogP contribution < -0.4 is 9.64 Å². The predicted molar refractivity (Wildman–Crippen MR) is 115 cm³/mol. The van der Waals surface area contributed by atoms with Crippen LogP contribution in [0, 0.1) is 12.7 Å². The minimum atomic E-state index is -0.977. The van der Waals surface area contributed by atoms with Gasteiger partial charge < -0.3 is 14.4 Å². The van der Waals surface area contributed by atoms with Crippen LogP contribution in [0.5, 0.6) is 5.75 Å². The van der Waals surface area contributed by atoms with E-state index in [4.69, 9.17) is 9.26 Å². The molecule has 1 aromatic heterocycles. The molecule has 4 rings (SSSR count). The molecule has 2 heterocycles.